The average molecular weight is 308 g/mol. The van der Waals surface area contributed by atoms with Gasteiger partial charge in [0, 0.05) is 12.1 Å². The molecule has 3 nitrogen and oxygen atoms in total. The van der Waals surface area contributed by atoms with Crippen molar-refractivity contribution in [3.05, 3.63) is 63.4 Å². The predicted octanol–water partition coefficient (Wildman–Crippen LogP) is 3.73. The van der Waals surface area contributed by atoms with E-state index in [4.69, 9.17) is 11.6 Å². The van der Waals surface area contributed by atoms with E-state index in [1.54, 1.807) is 26.0 Å². The van der Waals surface area contributed by atoms with E-state index in [2.05, 4.69) is 5.32 Å². The molecule has 0 aliphatic rings. The summed E-state index contributed by atoms with van der Waals surface area (Å²) in [7, 11) is 0. The van der Waals surface area contributed by atoms with Crippen LogP contribution in [0.5, 0.6) is 5.75 Å². The van der Waals surface area contributed by atoms with Crippen LogP contribution in [-0.4, -0.2) is 11.0 Å². The molecule has 21 heavy (non-hydrogen) atoms. The molecule has 0 unspecified atom stereocenters. The van der Waals surface area contributed by atoms with Crippen molar-refractivity contribution in [3.63, 3.8) is 0 Å². The highest BCUT2D eigenvalue weighted by Gasteiger charge is 2.09. The van der Waals surface area contributed by atoms with Gasteiger partial charge in [-0.2, -0.15) is 0 Å². The van der Waals surface area contributed by atoms with Crippen LogP contribution in [0.25, 0.3) is 0 Å². The lowest BCUT2D eigenvalue weighted by Gasteiger charge is -2.09. The van der Waals surface area contributed by atoms with E-state index in [1.807, 2.05) is 0 Å². The number of hydrogen-bond acceptors (Lipinski definition) is 2. The number of carbonyl (C=O) groups excluding carboxylic acids is 1. The summed E-state index contributed by atoms with van der Waals surface area (Å²) in [6, 6.07) is 7.65. The van der Waals surface area contributed by atoms with Gasteiger partial charge in [0.15, 0.2) is 0 Å². The Morgan fingerprint density at radius 3 is 2.43 bits per heavy atom. The maximum atomic E-state index is 13.5. The van der Waals surface area contributed by atoms with Crippen LogP contribution in [0.1, 0.15) is 27.0 Å². The molecule has 0 aliphatic carbocycles. The molecule has 110 valence electrons. The van der Waals surface area contributed by atoms with Gasteiger partial charge in [0.05, 0.1) is 5.02 Å². The molecule has 0 spiro atoms. The van der Waals surface area contributed by atoms with Crippen molar-refractivity contribution in [3.8, 4) is 5.75 Å². The SMILES string of the molecule is Cc1cc(CNC(=O)c2ccc(O)c(Cl)c2)cc(C)c1F. The van der Waals surface area contributed by atoms with Crippen LogP contribution in [0.3, 0.4) is 0 Å². The number of aryl methyl sites for hydroxylation is 2. The number of nitrogens with one attached hydrogen (secondary N) is 1. The Labute approximate surface area is 127 Å². The molecule has 0 aromatic heterocycles. The number of rotatable bonds is 3. The topological polar surface area (TPSA) is 49.3 Å². The Balaban J connectivity index is 2.09. The van der Waals surface area contributed by atoms with Crippen LogP contribution in [0, 0.1) is 19.7 Å². The molecule has 1 amide bonds. The summed E-state index contributed by atoms with van der Waals surface area (Å²) in [5, 5.41) is 12.2. The standard InChI is InChI=1S/C16H15ClFNO2/c1-9-5-11(6-10(2)15(9)18)8-19-16(21)12-3-4-14(20)13(17)7-12/h3-7,20H,8H2,1-2H3,(H,19,21). The smallest absolute Gasteiger partial charge is 0.251 e. The second-order valence-corrected chi connectivity index (χ2v) is 5.30. The first-order valence-corrected chi connectivity index (χ1v) is 6.78. The number of benzene rings is 2. The van der Waals surface area contributed by atoms with Crippen LogP contribution in [0.4, 0.5) is 4.39 Å². The fourth-order valence-corrected chi connectivity index (χ4v) is 2.25. The zero-order valence-corrected chi connectivity index (χ0v) is 12.5. The highest BCUT2D eigenvalue weighted by molar-refractivity contribution is 6.32. The first-order valence-electron chi connectivity index (χ1n) is 6.41. The quantitative estimate of drug-likeness (QED) is 0.907. The van der Waals surface area contributed by atoms with Gasteiger partial charge in [-0.25, -0.2) is 4.39 Å². The van der Waals surface area contributed by atoms with E-state index in [9.17, 15) is 14.3 Å². The van der Waals surface area contributed by atoms with Crippen molar-refractivity contribution in [2.45, 2.75) is 20.4 Å². The number of phenolic OH excluding ortho intramolecular Hbond substituents is 1. The van der Waals surface area contributed by atoms with Crippen LogP contribution in [0.15, 0.2) is 30.3 Å². The van der Waals surface area contributed by atoms with E-state index in [0.29, 0.717) is 23.2 Å². The summed E-state index contributed by atoms with van der Waals surface area (Å²) in [6.07, 6.45) is 0. The van der Waals surface area contributed by atoms with Crippen molar-refractivity contribution < 1.29 is 14.3 Å². The molecular weight excluding hydrogens is 293 g/mol. The largest absolute Gasteiger partial charge is 0.506 e. The lowest BCUT2D eigenvalue weighted by atomic mass is 10.1. The second kappa shape index (κ2) is 6.14. The molecular formula is C16H15ClFNO2. The minimum absolute atomic E-state index is 0.0713. The maximum absolute atomic E-state index is 13.5. The minimum Gasteiger partial charge on any atom is -0.506 e. The summed E-state index contributed by atoms with van der Waals surface area (Å²) < 4.78 is 13.5. The third-order valence-corrected chi connectivity index (χ3v) is 3.46. The van der Waals surface area contributed by atoms with Gasteiger partial charge < -0.3 is 10.4 Å². The van der Waals surface area contributed by atoms with Gasteiger partial charge in [0.25, 0.3) is 5.91 Å². The number of amides is 1. The Hall–Kier alpha value is -2.07. The molecule has 2 aromatic rings. The number of phenols is 1. The van der Waals surface area contributed by atoms with Gasteiger partial charge in [-0.15, -0.1) is 0 Å². The molecule has 0 saturated carbocycles. The summed E-state index contributed by atoms with van der Waals surface area (Å²) in [5.41, 5.74) is 2.27. The molecule has 0 aliphatic heterocycles. The lowest BCUT2D eigenvalue weighted by Crippen LogP contribution is -2.22. The number of halogens is 2. The van der Waals surface area contributed by atoms with E-state index in [-0.39, 0.29) is 22.5 Å². The normalized spacial score (nSPS) is 10.5. The molecule has 0 bridgehead atoms. The summed E-state index contributed by atoms with van der Waals surface area (Å²) >= 11 is 5.76. The third-order valence-electron chi connectivity index (χ3n) is 3.16. The molecule has 0 radical (unpaired) electrons. The molecule has 0 atom stereocenters. The van der Waals surface area contributed by atoms with Crippen molar-refractivity contribution in [1.82, 2.24) is 5.32 Å². The summed E-state index contributed by atoms with van der Waals surface area (Å²) in [6.45, 7) is 3.67. The van der Waals surface area contributed by atoms with Gasteiger partial charge >= 0.3 is 0 Å². The fraction of sp³-hybridized carbons (Fsp3) is 0.188. The van der Waals surface area contributed by atoms with Crippen molar-refractivity contribution in [2.24, 2.45) is 0 Å². The van der Waals surface area contributed by atoms with Crippen LogP contribution < -0.4 is 5.32 Å². The molecule has 5 heteroatoms. The van der Waals surface area contributed by atoms with Gasteiger partial charge in [-0.3, -0.25) is 4.79 Å². The Morgan fingerprint density at radius 2 is 1.86 bits per heavy atom. The zero-order valence-electron chi connectivity index (χ0n) is 11.7. The van der Waals surface area contributed by atoms with Crippen LogP contribution in [0.2, 0.25) is 5.02 Å². The summed E-state index contributed by atoms with van der Waals surface area (Å²) in [5.74, 6) is -0.607. The number of hydrogen-bond donors (Lipinski definition) is 2. The Kier molecular flexibility index (Phi) is 4.48. The minimum atomic E-state index is -0.309. The van der Waals surface area contributed by atoms with E-state index in [1.165, 1.54) is 18.2 Å². The van der Waals surface area contributed by atoms with Crippen LogP contribution in [-0.2, 0) is 6.54 Å². The number of carbonyl (C=O) groups is 1. The first-order chi connectivity index (χ1) is 9.88. The fourth-order valence-electron chi connectivity index (χ4n) is 2.07. The Bertz CT molecular complexity index is 678. The van der Waals surface area contributed by atoms with Gasteiger partial charge in [0.2, 0.25) is 0 Å². The van der Waals surface area contributed by atoms with E-state index >= 15 is 0 Å². The third kappa shape index (κ3) is 3.52. The monoisotopic (exact) mass is 307 g/mol. The van der Waals surface area contributed by atoms with Crippen molar-refractivity contribution in [2.75, 3.05) is 0 Å². The second-order valence-electron chi connectivity index (χ2n) is 4.89. The maximum Gasteiger partial charge on any atom is 0.251 e. The van der Waals surface area contributed by atoms with E-state index in [0.717, 1.165) is 5.56 Å². The van der Waals surface area contributed by atoms with Crippen LogP contribution >= 0.6 is 11.6 Å². The predicted molar refractivity (Wildman–Crippen MR) is 80.2 cm³/mol. The molecule has 0 fully saturated rings. The van der Waals surface area contributed by atoms with E-state index < -0.39 is 0 Å². The molecule has 2 rings (SSSR count). The zero-order chi connectivity index (χ0) is 15.6. The van der Waals surface area contributed by atoms with Crippen molar-refractivity contribution >= 4 is 17.5 Å². The van der Waals surface area contributed by atoms with Gasteiger partial charge in [-0.1, -0.05) is 23.7 Å². The summed E-state index contributed by atoms with van der Waals surface area (Å²) in [4.78, 5) is 12.0. The van der Waals surface area contributed by atoms with Gasteiger partial charge in [-0.05, 0) is 48.7 Å². The van der Waals surface area contributed by atoms with Gasteiger partial charge in [0.1, 0.15) is 11.6 Å². The first kappa shape index (κ1) is 15.3. The average Bonchev–Trinajstić information content (AvgIpc) is 2.44. The molecule has 2 N–H and O–H groups in total. The molecule has 2 aromatic carbocycles. The lowest BCUT2D eigenvalue weighted by molar-refractivity contribution is 0.0951. The molecule has 0 heterocycles. The highest BCUT2D eigenvalue weighted by Crippen LogP contribution is 2.23. The highest BCUT2D eigenvalue weighted by atomic mass is 35.5. The van der Waals surface area contributed by atoms with Crippen molar-refractivity contribution in [1.29, 1.82) is 0 Å². The Morgan fingerprint density at radius 1 is 1.24 bits per heavy atom. The molecule has 0 saturated heterocycles. The number of aromatic hydroxyl groups is 1.